The number of halogens is 3. The summed E-state index contributed by atoms with van der Waals surface area (Å²) in [7, 11) is 0. The maximum atomic E-state index is 14.2. The quantitative estimate of drug-likeness (QED) is 0.898. The van der Waals surface area contributed by atoms with Crippen LogP contribution in [0, 0.1) is 5.82 Å². The predicted molar refractivity (Wildman–Crippen MR) is 86.7 cm³/mol. The van der Waals surface area contributed by atoms with Gasteiger partial charge in [-0.2, -0.15) is 0 Å². The summed E-state index contributed by atoms with van der Waals surface area (Å²) < 4.78 is 39.2. The fourth-order valence-corrected chi connectivity index (χ4v) is 4.07. The fourth-order valence-electron chi connectivity index (χ4n) is 4.07. The zero-order valence-corrected chi connectivity index (χ0v) is 13.8. The highest BCUT2D eigenvalue weighted by atomic mass is 19.3. The molecule has 0 unspecified atom stereocenters. The zero-order valence-electron chi connectivity index (χ0n) is 13.8. The van der Waals surface area contributed by atoms with Gasteiger partial charge in [-0.3, -0.25) is 0 Å². The van der Waals surface area contributed by atoms with E-state index >= 15 is 0 Å². The number of hydrogen-bond acceptors (Lipinski definition) is 2. The molecule has 0 spiro atoms. The van der Waals surface area contributed by atoms with Crippen LogP contribution in [0.3, 0.4) is 0 Å². The van der Waals surface area contributed by atoms with Crippen molar-refractivity contribution in [1.29, 1.82) is 0 Å². The Bertz CT molecular complexity index is 559. The van der Waals surface area contributed by atoms with Crippen molar-refractivity contribution in [3.8, 4) is 0 Å². The smallest absolute Gasteiger partial charge is 0.242 e. The zero-order chi connectivity index (χ0) is 16.6. The third kappa shape index (κ3) is 3.65. The molecule has 1 heterocycles. The van der Waals surface area contributed by atoms with E-state index in [1.807, 2.05) is 0 Å². The van der Waals surface area contributed by atoms with Crippen molar-refractivity contribution in [2.45, 2.75) is 70.0 Å². The van der Waals surface area contributed by atoms with E-state index in [2.05, 4.69) is 24.1 Å². The van der Waals surface area contributed by atoms with Crippen molar-refractivity contribution in [2.75, 3.05) is 11.4 Å². The van der Waals surface area contributed by atoms with E-state index in [9.17, 15) is 13.2 Å². The largest absolute Gasteiger partial charge is 0.365 e. The summed E-state index contributed by atoms with van der Waals surface area (Å²) in [5.74, 6) is -0.522. The lowest BCUT2D eigenvalue weighted by atomic mass is 9.83. The van der Waals surface area contributed by atoms with E-state index in [4.69, 9.17) is 0 Å². The summed E-state index contributed by atoms with van der Waals surface area (Å²) >= 11 is 0. The van der Waals surface area contributed by atoms with Crippen LogP contribution in [0.2, 0.25) is 0 Å². The molecule has 1 saturated heterocycles. The lowest BCUT2D eigenvalue weighted by molar-refractivity contribution is 0.148. The van der Waals surface area contributed by atoms with Gasteiger partial charge >= 0.3 is 0 Å². The van der Waals surface area contributed by atoms with E-state index in [0.717, 1.165) is 25.1 Å². The third-order valence-electron chi connectivity index (χ3n) is 5.01. The van der Waals surface area contributed by atoms with Crippen molar-refractivity contribution in [3.05, 3.63) is 29.6 Å². The summed E-state index contributed by atoms with van der Waals surface area (Å²) in [4.78, 5) is 2.27. The summed E-state index contributed by atoms with van der Waals surface area (Å²) in [5.41, 5.74) is 0.863. The molecule has 0 amide bonds. The van der Waals surface area contributed by atoms with E-state index in [-0.39, 0.29) is 11.1 Å². The number of nitrogens with zero attached hydrogens (tertiary/aromatic N) is 1. The summed E-state index contributed by atoms with van der Waals surface area (Å²) in [5, 5.41) is 3.71. The second-order valence-corrected chi connectivity index (χ2v) is 7.49. The van der Waals surface area contributed by atoms with Crippen molar-refractivity contribution in [1.82, 2.24) is 5.32 Å². The molecule has 1 N–H and O–H groups in total. The van der Waals surface area contributed by atoms with Crippen LogP contribution in [-0.2, 0) is 6.42 Å². The summed E-state index contributed by atoms with van der Waals surface area (Å²) in [6, 6.07) is 5.52. The third-order valence-corrected chi connectivity index (χ3v) is 5.01. The molecule has 2 nitrogen and oxygen atoms in total. The Morgan fingerprint density at radius 3 is 2.70 bits per heavy atom. The van der Waals surface area contributed by atoms with Crippen molar-refractivity contribution in [2.24, 2.45) is 0 Å². The van der Waals surface area contributed by atoms with E-state index < -0.39 is 18.7 Å². The van der Waals surface area contributed by atoms with E-state index in [1.165, 1.54) is 25.0 Å². The molecule has 0 aromatic heterocycles. The molecule has 1 aromatic carbocycles. The van der Waals surface area contributed by atoms with Crippen molar-refractivity contribution in [3.63, 3.8) is 0 Å². The van der Waals surface area contributed by atoms with Gasteiger partial charge in [0.2, 0.25) is 6.43 Å². The topological polar surface area (TPSA) is 15.3 Å². The second-order valence-electron chi connectivity index (χ2n) is 7.49. The van der Waals surface area contributed by atoms with Crippen LogP contribution in [-0.4, -0.2) is 30.6 Å². The predicted octanol–water partition coefficient (Wildman–Crippen LogP) is 4.13. The molecule has 1 aromatic rings. The Balaban J connectivity index is 1.87. The maximum absolute atomic E-state index is 14.2. The van der Waals surface area contributed by atoms with Gasteiger partial charge in [-0.05, 0) is 44.4 Å². The molecule has 2 atom stereocenters. The van der Waals surface area contributed by atoms with Crippen molar-refractivity contribution < 1.29 is 13.2 Å². The average molecular weight is 326 g/mol. The minimum Gasteiger partial charge on any atom is -0.365 e. The first-order valence-electron chi connectivity index (χ1n) is 8.47. The van der Waals surface area contributed by atoms with Gasteiger partial charge in [0.1, 0.15) is 5.82 Å². The molecule has 23 heavy (non-hydrogen) atoms. The molecule has 1 aliphatic carbocycles. The number of hydrogen-bond donors (Lipinski definition) is 1. The van der Waals surface area contributed by atoms with Gasteiger partial charge < -0.3 is 10.2 Å². The second kappa shape index (κ2) is 6.34. The molecule has 2 fully saturated rings. The SMILES string of the molecule is CC1(C)CN(c2ccc(CC(F)F)c(F)c2)[C@H]2CCCC[C@@H]2N1. The molecule has 1 saturated carbocycles. The first-order valence-corrected chi connectivity index (χ1v) is 8.47. The summed E-state index contributed by atoms with van der Waals surface area (Å²) in [6.45, 7) is 5.11. The van der Waals surface area contributed by atoms with Gasteiger partial charge in [0, 0.05) is 36.3 Å². The standard InChI is InChI=1S/C18H25F3N2/c1-18(2)11-23(16-6-4-3-5-15(16)22-18)13-8-7-12(9-17(20)21)14(19)10-13/h7-8,10,15-17,22H,3-6,9,11H2,1-2H3/t15-,16-/m0/s1. The van der Waals surface area contributed by atoms with Crippen LogP contribution in [0.4, 0.5) is 18.9 Å². The number of piperazine rings is 1. The number of nitrogens with one attached hydrogen (secondary N) is 1. The highest BCUT2D eigenvalue weighted by Crippen LogP contribution is 2.34. The first-order chi connectivity index (χ1) is 10.9. The van der Waals surface area contributed by atoms with Crippen molar-refractivity contribution >= 4 is 5.69 Å². The van der Waals surface area contributed by atoms with Gasteiger partial charge in [0.15, 0.2) is 0 Å². The van der Waals surface area contributed by atoms with Crippen LogP contribution in [0.5, 0.6) is 0 Å². The number of benzene rings is 1. The Morgan fingerprint density at radius 1 is 1.26 bits per heavy atom. The number of alkyl halides is 2. The number of rotatable bonds is 3. The molecule has 1 aliphatic heterocycles. The summed E-state index contributed by atoms with van der Waals surface area (Å²) in [6.07, 6.45) is 1.60. The van der Waals surface area contributed by atoms with Gasteiger partial charge in [0.05, 0.1) is 0 Å². The van der Waals surface area contributed by atoms with E-state index in [0.29, 0.717) is 12.1 Å². The van der Waals surface area contributed by atoms with Crippen LogP contribution < -0.4 is 10.2 Å². The van der Waals surface area contributed by atoms with Crippen LogP contribution >= 0.6 is 0 Å². The lowest BCUT2D eigenvalue weighted by Crippen LogP contribution is -2.67. The van der Waals surface area contributed by atoms with Gasteiger partial charge in [0.25, 0.3) is 0 Å². The first kappa shape index (κ1) is 16.6. The number of fused-ring (bicyclic) bond motifs is 1. The monoisotopic (exact) mass is 326 g/mol. The van der Waals surface area contributed by atoms with Crippen LogP contribution in [0.1, 0.15) is 45.1 Å². The van der Waals surface area contributed by atoms with Gasteiger partial charge in [-0.25, -0.2) is 13.2 Å². The fraction of sp³-hybridized carbons (Fsp3) is 0.667. The van der Waals surface area contributed by atoms with Gasteiger partial charge in [-0.1, -0.05) is 18.9 Å². The van der Waals surface area contributed by atoms with Gasteiger partial charge in [-0.15, -0.1) is 0 Å². The van der Waals surface area contributed by atoms with E-state index in [1.54, 1.807) is 6.07 Å². The molecule has 128 valence electrons. The average Bonchev–Trinajstić information content (AvgIpc) is 2.47. The maximum Gasteiger partial charge on any atom is 0.242 e. The molecule has 0 bridgehead atoms. The highest BCUT2D eigenvalue weighted by Gasteiger charge is 2.40. The lowest BCUT2D eigenvalue weighted by Gasteiger charge is -2.52. The molecule has 2 aliphatic rings. The molecular weight excluding hydrogens is 301 g/mol. The number of anilines is 1. The molecule has 0 radical (unpaired) electrons. The Kier molecular flexibility index (Phi) is 4.59. The van der Waals surface area contributed by atoms with Crippen LogP contribution in [0.25, 0.3) is 0 Å². The van der Waals surface area contributed by atoms with Crippen LogP contribution in [0.15, 0.2) is 18.2 Å². The minimum atomic E-state index is -2.52. The Hall–Kier alpha value is -1.23. The Labute approximate surface area is 136 Å². The highest BCUT2D eigenvalue weighted by molar-refractivity contribution is 5.51. The molecule has 3 rings (SSSR count). The normalized spacial score (nSPS) is 27.1. The minimum absolute atomic E-state index is 0.0450. The molecule has 5 heteroatoms. The molecular formula is C18H25F3N2. The Morgan fingerprint density at radius 2 is 2.00 bits per heavy atom.